The molecule has 0 saturated heterocycles. The predicted molar refractivity (Wildman–Crippen MR) is 64.3 cm³/mol. The van der Waals surface area contributed by atoms with E-state index in [1.165, 1.54) is 0 Å². The van der Waals surface area contributed by atoms with Gasteiger partial charge in [0.25, 0.3) is 0 Å². The first-order valence-corrected chi connectivity index (χ1v) is 6.05. The molecular formula is C12H25NO3. The van der Waals surface area contributed by atoms with Gasteiger partial charge in [-0.15, -0.1) is 0 Å². The maximum atomic E-state index is 11.1. The van der Waals surface area contributed by atoms with Gasteiger partial charge in [0, 0.05) is 12.6 Å². The van der Waals surface area contributed by atoms with Gasteiger partial charge in [0.1, 0.15) is 0 Å². The van der Waals surface area contributed by atoms with E-state index < -0.39 is 6.10 Å². The van der Waals surface area contributed by atoms with Gasteiger partial charge in [0.2, 0.25) is 0 Å². The fourth-order valence-corrected chi connectivity index (χ4v) is 1.63. The van der Waals surface area contributed by atoms with Crippen molar-refractivity contribution in [3.05, 3.63) is 0 Å². The summed E-state index contributed by atoms with van der Waals surface area (Å²) >= 11 is 0. The van der Waals surface area contributed by atoms with Crippen molar-refractivity contribution in [3.8, 4) is 0 Å². The Morgan fingerprint density at radius 2 is 2.06 bits per heavy atom. The summed E-state index contributed by atoms with van der Waals surface area (Å²) in [7, 11) is 1.97. The van der Waals surface area contributed by atoms with Crippen molar-refractivity contribution in [1.29, 1.82) is 0 Å². The first-order valence-electron chi connectivity index (χ1n) is 6.05. The molecule has 0 spiro atoms. The number of nitrogens with zero attached hydrogens (tertiary/aromatic N) is 1. The molecular weight excluding hydrogens is 206 g/mol. The van der Waals surface area contributed by atoms with Crippen molar-refractivity contribution < 1.29 is 14.6 Å². The Bertz CT molecular complexity index is 197. The molecule has 16 heavy (non-hydrogen) atoms. The molecule has 1 N–H and O–H groups in total. The molecule has 0 aromatic rings. The Labute approximate surface area is 98.6 Å². The lowest BCUT2D eigenvalue weighted by Crippen LogP contribution is -2.36. The van der Waals surface area contributed by atoms with Gasteiger partial charge in [0.05, 0.1) is 19.1 Å². The maximum Gasteiger partial charge on any atom is 0.308 e. The summed E-state index contributed by atoms with van der Waals surface area (Å²) in [6, 6.07) is 0.432. The van der Waals surface area contributed by atoms with Gasteiger partial charge in [-0.2, -0.15) is 0 Å². The van der Waals surface area contributed by atoms with E-state index in [4.69, 9.17) is 4.74 Å². The summed E-state index contributed by atoms with van der Waals surface area (Å²) in [6.07, 6.45) is 1.67. The molecule has 0 aliphatic carbocycles. The minimum Gasteiger partial charge on any atom is -0.466 e. The van der Waals surface area contributed by atoms with E-state index in [9.17, 15) is 9.90 Å². The van der Waals surface area contributed by atoms with E-state index in [1.807, 2.05) is 7.05 Å². The second-order valence-corrected chi connectivity index (χ2v) is 4.24. The summed E-state index contributed by atoms with van der Waals surface area (Å²) in [5, 5.41) is 9.69. The van der Waals surface area contributed by atoms with E-state index in [2.05, 4.69) is 18.7 Å². The number of hydrogen-bond acceptors (Lipinski definition) is 4. The van der Waals surface area contributed by atoms with Gasteiger partial charge in [-0.25, -0.2) is 0 Å². The largest absolute Gasteiger partial charge is 0.466 e. The average molecular weight is 231 g/mol. The molecule has 0 fully saturated rings. The molecule has 0 rings (SSSR count). The highest BCUT2D eigenvalue weighted by Crippen LogP contribution is 2.06. The minimum atomic E-state index is -0.636. The van der Waals surface area contributed by atoms with Crippen LogP contribution >= 0.6 is 0 Å². The predicted octanol–water partition coefficient (Wildman–Crippen LogP) is 1.42. The zero-order valence-electron chi connectivity index (χ0n) is 10.9. The Morgan fingerprint density at radius 1 is 1.44 bits per heavy atom. The quantitative estimate of drug-likeness (QED) is 0.642. The molecule has 0 bridgehead atoms. The maximum absolute atomic E-state index is 11.1. The number of hydrogen-bond donors (Lipinski definition) is 1. The summed E-state index contributed by atoms with van der Waals surface area (Å²) in [4.78, 5) is 13.2. The van der Waals surface area contributed by atoms with Crippen molar-refractivity contribution >= 4 is 5.97 Å². The van der Waals surface area contributed by atoms with Crippen LogP contribution in [0.15, 0.2) is 0 Å². The molecule has 2 atom stereocenters. The fourth-order valence-electron chi connectivity index (χ4n) is 1.63. The van der Waals surface area contributed by atoms with Crippen molar-refractivity contribution in [2.24, 2.45) is 0 Å². The molecule has 2 unspecified atom stereocenters. The van der Waals surface area contributed by atoms with Gasteiger partial charge in [0.15, 0.2) is 0 Å². The van der Waals surface area contributed by atoms with Crippen LogP contribution in [0.4, 0.5) is 0 Å². The number of likely N-dealkylation sites (N-methyl/N-ethyl adjacent to an activating group) is 1. The molecule has 96 valence electrons. The molecule has 0 aliphatic heterocycles. The third kappa shape index (κ3) is 6.80. The first-order chi connectivity index (χ1) is 7.51. The van der Waals surface area contributed by atoms with E-state index in [1.54, 1.807) is 6.92 Å². The van der Waals surface area contributed by atoms with Crippen LogP contribution in [-0.4, -0.2) is 48.3 Å². The fraction of sp³-hybridized carbons (Fsp3) is 0.917. The lowest BCUT2D eigenvalue weighted by atomic mass is 10.1. The lowest BCUT2D eigenvalue weighted by molar-refractivity contribution is -0.145. The Balaban J connectivity index is 3.85. The van der Waals surface area contributed by atoms with Crippen LogP contribution in [-0.2, 0) is 9.53 Å². The zero-order valence-corrected chi connectivity index (χ0v) is 10.9. The van der Waals surface area contributed by atoms with Gasteiger partial charge < -0.3 is 14.7 Å². The number of aliphatic hydroxyl groups excluding tert-OH is 1. The van der Waals surface area contributed by atoms with Gasteiger partial charge >= 0.3 is 5.97 Å². The number of carbonyl (C=O) groups excluding carboxylic acids is 1. The topological polar surface area (TPSA) is 49.8 Å². The van der Waals surface area contributed by atoms with E-state index in [0.29, 0.717) is 19.2 Å². The molecule has 0 radical (unpaired) electrons. The van der Waals surface area contributed by atoms with Gasteiger partial charge in [-0.1, -0.05) is 13.3 Å². The Morgan fingerprint density at radius 3 is 2.56 bits per heavy atom. The summed E-state index contributed by atoms with van der Waals surface area (Å²) in [6.45, 7) is 6.91. The third-order valence-electron chi connectivity index (χ3n) is 2.67. The first kappa shape index (κ1) is 15.4. The normalized spacial score (nSPS) is 14.9. The molecule has 4 nitrogen and oxygen atoms in total. The summed E-state index contributed by atoms with van der Waals surface area (Å²) in [5.41, 5.74) is 0. The van der Waals surface area contributed by atoms with E-state index in [-0.39, 0.29) is 12.4 Å². The SMILES string of the molecule is CCCC(C)N(C)CC(O)CC(=O)OCC. The van der Waals surface area contributed by atoms with Gasteiger partial charge in [-0.3, -0.25) is 4.79 Å². The Hall–Kier alpha value is -0.610. The monoisotopic (exact) mass is 231 g/mol. The average Bonchev–Trinajstić information content (AvgIpc) is 2.17. The Kier molecular flexibility index (Phi) is 8.21. The number of aliphatic hydroxyl groups is 1. The van der Waals surface area contributed by atoms with Crippen LogP contribution in [0.25, 0.3) is 0 Å². The highest BCUT2D eigenvalue weighted by molar-refractivity contribution is 5.69. The van der Waals surface area contributed by atoms with Crippen molar-refractivity contribution in [3.63, 3.8) is 0 Å². The summed E-state index contributed by atoms with van der Waals surface area (Å²) in [5.74, 6) is -0.327. The van der Waals surface area contributed by atoms with Crippen molar-refractivity contribution in [1.82, 2.24) is 4.90 Å². The van der Waals surface area contributed by atoms with E-state index in [0.717, 1.165) is 12.8 Å². The standard InChI is InChI=1S/C12H25NO3/c1-5-7-10(3)13(4)9-11(14)8-12(15)16-6-2/h10-11,14H,5-9H2,1-4H3. The van der Waals surface area contributed by atoms with Crippen LogP contribution in [0.1, 0.15) is 40.0 Å². The van der Waals surface area contributed by atoms with Crippen LogP contribution in [0, 0.1) is 0 Å². The highest BCUT2D eigenvalue weighted by atomic mass is 16.5. The van der Waals surface area contributed by atoms with Crippen LogP contribution in [0.3, 0.4) is 0 Å². The van der Waals surface area contributed by atoms with Crippen molar-refractivity contribution in [2.45, 2.75) is 52.2 Å². The summed E-state index contributed by atoms with van der Waals surface area (Å²) < 4.78 is 4.78. The molecule has 0 heterocycles. The number of esters is 1. The molecule has 0 saturated carbocycles. The van der Waals surface area contributed by atoms with Crippen LogP contribution in [0.2, 0.25) is 0 Å². The molecule has 0 amide bonds. The van der Waals surface area contributed by atoms with Gasteiger partial charge in [-0.05, 0) is 27.3 Å². The number of rotatable bonds is 8. The molecule has 4 heteroatoms. The lowest BCUT2D eigenvalue weighted by Gasteiger charge is -2.26. The third-order valence-corrected chi connectivity index (χ3v) is 2.67. The second-order valence-electron chi connectivity index (χ2n) is 4.24. The number of carbonyl (C=O) groups is 1. The number of ether oxygens (including phenoxy) is 1. The van der Waals surface area contributed by atoms with E-state index >= 15 is 0 Å². The minimum absolute atomic E-state index is 0.0804. The second kappa shape index (κ2) is 8.53. The van der Waals surface area contributed by atoms with Crippen LogP contribution < -0.4 is 0 Å². The van der Waals surface area contributed by atoms with Crippen molar-refractivity contribution in [2.75, 3.05) is 20.2 Å². The molecule has 0 aromatic carbocycles. The smallest absolute Gasteiger partial charge is 0.308 e. The van der Waals surface area contributed by atoms with Crippen LogP contribution in [0.5, 0.6) is 0 Å². The molecule has 0 aliphatic rings. The molecule has 0 aromatic heterocycles. The highest BCUT2D eigenvalue weighted by Gasteiger charge is 2.16. The zero-order chi connectivity index (χ0) is 12.6.